The van der Waals surface area contributed by atoms with Crippen molar-refractivity contribution in [3.05, 3.63) is 70.8 Å². The number of benzene rings is 2. The summed E-state index contributed by atoms with van der Waals surface area (Å²) in [7, 11) is 0. The van der Waals surface area contributed by atoms with Crippen LogP contribution in [0.15, 0.2) is 48.5 Å². The third-order valence-electron chi connectivity index (χ3n) is 6.00. The van der Waals surface area contributed by atoms with Crippen LogP contribution >= 0.6 is 0 Å². The van der Waals surface area contributed by atoms with Crippen LogP contribution in [0.2, 0.25) is 0 Å². The maximum absolute atomic E-state index is 13.0. The van der Waals surface area contributed by atoms with Crippen molar-refractivity contribution in [3.63, 3.8) is 0 Å². The number of piperazine rings is 1. The smallest absolute Gasteiger partial charge is 0.254 e. The Kier molecular flexibility index (Phi) is 4.96. The van der Waals surface area contributed by atoms with Gasteiger partial charge >= 0.3 is 0 Å². The van der Waals surface area contributed by atoms with Crippen molar-refractivity contribution in [2.45, 2.75) is 51.6 Å². The predicted molar refractivity (Wildman–Crippen MR) is 110 cm³/mol. The lowest BCUT2D eigenvalue weighted by molar-refractivity contribution is -0.132. The summed E-state index contributed by atoms with van der Waals surface area (Å²) >= 11 is 0. The van der Waals surface area contributed by atoms with Crippen molar-refractivity contribution < 1.29 is 9.59 Å². The minimum atomic E-state index is 0.0877. The zero-order valence-electron chi connectivity index (χ0n) is 16.9. The number of amides is 2. The van der Waals surface area contributed by atoms with Crippen LogP contribution in [0.25, 0.3) is 0 Å². The van der Waals surface area contributed by atoms with Gasteiger partial charge in [-0.15, -0.1) is 0 Å². The average Bonchev–Trinajstić information content (AvgIpc) is 3.48. The molecule has 28 heavy (non-hydrogen) atoms. The largest absolute Gasteiger partial charge is 0.335 e. The number of aryl methyl sites for hydroxylation is 1. The molecule has 2 atom stereocenters. The molecule has 2 fully saturated rings. The number of rotatable bonds is 4. The number of fused-ring (bicyclic) bond motifs is 1. The molecule has 1 saturated heterocycles. The predicted octanol–water partition coefficient (Wildman–Crippen LogP) is 3.79. The second-order valence-electron chi connectivity index (χ2n) is 8.35. The molecule has 1 heterocycles. The fourth-order valence-corrected chi connectivity index (χ4v) is 4.33. The van der Waals surface area contributed by atoms with Gasteiger partial charge in [0.1, 0.15) is 0 Å². The summed E-state index contributed by atoms with van der Waals surface area (Å²) in [6.07, 6.45) is 1.35. The highest BCUT2D eigenvalue weighted by Crippen LogP contribution is 2.38. The minimum absolute atomic E-state index is 0.0877. The molecule has 4 nitrogen and oxygen atoms in total. The van der Waals surface area contributed by atoms with Gasteiger partial charge in [0.05, 0.1) is 18.5 Å². The van der Waals surface area contributed by atoms with Crippen LogP contribution in [0.5, 0.6) is 0 Å². The molecule has 1 saturated carbocycles. The summed E-state index contributed by atoms with van der Waals surface area (Å²) in [6, 6.07) is 16.3. The van der Waals surface area contributed by atoms with E-state index in [1.54, 1.807) is 0 Å². The highest BCUT2D eigenvalue weighted by molar-refractivity contribution is 5.95. The van der Waals surface area contributed by atoms with Gasteiger partial charge in [0.15, 0.2) is 0 Å². The number of carbonyl (C=O) groups is 2. The van der Waals surface area contributed by atoms with Gasteiger partial charge in [0.2, 0.25) is 5.91 Å². The second kappa shape index (κ2) is 7.42. The summed E-state index contributed by atoms with van der Waals surface area (Å²) < 4.78 is 0. The standard InChI is InChI=1S/C24H28N2O2/c1-16(2)20-7-5-4-6-19(20)14-23(27)25-12-13-26(22-15-21(22)25)24(28)18-10-8-17(3)9-11-18/h4-11,16,21-22H,12-15H2,1-3H3. The molecular formula is C24H28N2O2. The topological polar surface area (TPSA) is 40.6 Å². The molecule has 2 aromatic carbocycles. The molecular weight excluding hydrogens is 348 g/mol. The average molecular weight is 377 g/mol. The van der Waals surface area contributed by atoms with Gasteiger partial charge in [-0.3, -0.25) is 9.59 Å². The van der Waals surface area contributed by atoms with E-state index in [0.717, 1.165) is 23.1 Å². The lowest BCUT2D eigenvalue weighted by Gasteiger charge is -2.34. The highest BCUT2D eigenvalue weighted by Gasteiger charge is 2.52. The third-order valence-corrected chi connectivity index (χ3v) is 6.00. The van der Waals surface area contributed by atoms with Crippen LogP contribution < -0.4 is 0 Å². The van der Waals surface area contributed by atoms with Gasteiger partial charge in [0.25, 0.3) is 5.91 Å². The SMILES string of the molecule is Cc1ccc(C(=O)N2CCN(C(=O)Cc3ccccc3C(C)C)C3CC32)cc1. The molecule has 146 valence electrons. The van der Waals surface area contributed by atoms with E-state index >= 15 is 0 Å². The van der Waals surface area contributed by atoms with Crippen LogP contribution in [-0.2, 0) is 11.2 Å². The van der Waals surface area contributed by atoms with E-state index in [-0.39, 0.29) is 23.9 Å². The Morgan fingerprint density at radius 1 is 0.964 bits per heavy atom. The Morgan fingerprint density at radius 2 is 1.61 bits per heavy atom. The van der Waals surface area contributed by atoms with Crippen molar-refractivity contribution in [1.82, 2.24) is 9.80 Å². The molecule has 2 aromatic rings. The number of hydrogen-bond acceptors (Lipinski definition) is 2. The quantitative estimate of drug-likeness (QED) is 0.815. The van der Waals surface area contributed by atoms with Crippen molar-refractivity contribution in [1.29, 1.82) is 0 Å². The molecule has 2 amide bonds. The normalized spacial score (nSPS) is 20.9. The molecule has 4 rings (SSSR count). The van der Waals surface area contributed by atoms with Crippen LogP contribution in [-0.4, -0.2) is 46.8 Å². The number of hydrogen-bond donors (Lipinski definition) is 0. The van der Waals surface area contributed by atoms with Gasteiger partial charge in [-0.05, 0) is 42.5 Å². The van der Waals surface area contributed by atoms with E-state index < -0.39 is 0 Å². The lowest BCUT2D eigenvalue weighted by atomic mass is 9.95. The van der Waals surface area contributed by atoms with Gasteiger partial charge < -0.3 is 9.80 Å². The first kappa shape index (κ1) is 18.7. The summed E-state index contributed by atoms with van der Waals surface area (Å²) in [4.78, 5) is 29.8. The highest BCUT2D eigenvalue weighted by atomic mass is 16.2. The van der Waals surface area contributed by atoms with E-state index in [2.05, 4.69) is 26.0 Å². The first-order valence-electron chi connectivity index (χ1n) is 10.2. The molecule has 0 radical (unpaired) electrons. The molecule has 0 aromatic heterocycles. The van der Waals surface area contributed by atoms with E-state index in [1.807, 2.05) is 53.1 Å². The van der Waals surface area contributed by atoms with Gasteiger partial charge in [-0.25, -0.2) is 0 Å². The summed E-state index contributed by atoms with van der Waals surface area (Å²) in [5.74, 6) is 0.675. The van der Waals surface area contributed by atoms with E-state index in [9.17, 15) is 9.59 Å². The fourth-order valence-electron chi connectivity index (χ4n) is 4.33. The zero-order valence-corrected chi connectivity index (χ0v) is 16.9. The Hall–Kier alpha value is -2.62. The molecule has 1 aliphatic carbocycles. The zero-order chi connectivity index (χ0) is 19.8. The van der Waals surface area contributed by atoms with Crippen molar-refractivity contribution in [3.8, 4) is 0 Å². The minimum Gasteiger partial charge on any atom is -0.335 e. The summed E-state index contributed by atoms with van der Waals surface area (Å²) in [5.41, 5.74) is 4.26. The maximum atomic E-state index is 13.0. The Balaban J connectivity index is 1.42. The van der Waals surface area contributed by atoms with E-state index in [4.69, 9.17) is 0 Å². The maximum Gasteiger partial charge on any atom is 0.254 e. The monoisotopic (exact) mass is 376 g/mol. The van der Waals surface area contributed by atoms with Crippen molar-refractivity contribution in [2.24, 2.45) is 0 Å². The molecule has 2 aliphatic rings. The molecule has 1 aliphatic heterocycles. The fraction of sp³-hybridized carbons (Fsp3) is 0.417. The molecule has 2 unspecified atom stereocenters. The van der Waals surface area contributed by atoms with E-state index in [0.29, 0.717) is 25.4 Å². The second-order valence-corrected chi connectivity index (χ2v) is 8.35. The number of nitrogens with zero attached hydrogens (tertiary/aromatic N) is 2. The van der Waals surface area contributed by atoms with Crippen LogP contribution in [0, 0.1) is 6.92 Å². The molecule has 4 heteroatoms. The molecule has 0 N–H and O–H groups in total. The van der Waals surface area contributed by atoms with Crippen LogP contribution in [0.3, 0.4) is 0 Å². The lowest BCUT2D eigenvalue weighted by Crippen LogP contribution is -2.51. The van der Waals surface area contributed by atoms with Gasteiger partial charge in [0, 0.05) is 18.7 Å². The first-order valence-corrected chi connectivity index (χ1v) is 10.2. The van der Waals surface area contributed by atoms with Crippen LogP contribution in [0.4, 0.5) is 0 Å². The Labute approximate surface area is 167 Å². The third kappa shape index (κ3) is 3.56. The van der Waals surface area contributed by atoms with Gasteiger partial charge in [-0.1, -0.05) is 55.8 Å². The summed E-state index contributed by atoms with van der Waals surface area (Å²) in [6.45, 7) is 7.59. The Morgan fingerprint density at radius 3 is 2.32 bits per heavy atom. The first-order chi connectivity index (χ1) is 13.5. The summed E-state index contributed by atoms with van der Waals surface area (Å²) in [5, 5.41) is 0. The van der Waals surface area contributed by atoms with Crippen LogP contribution in [0.1, 0.15) is 53.2 Å². The van der Waals surface area contributed by atoms with Crippen molar-refractivity contribution >= 4 is 11.8 Å². The molecule has 0 bridgehead atoms. The van der Waals surface area contributed by atoms with Gasteiger partial charge in [-0.2, -0.15) is 0 Å². The number of carbonyl (C=O) groups excluding carboxylic acids is 2. The Bertz CT molecular complexity index is 888. The molecule has 0 spiro atoms. The van der Waals surface area contributed by atoms with Crippen molar-refractivity contribution in [2.75, 3.05) is 13.1 Å². The van der Waals surface area contributed by atoms with E-state index in [1.165, 1.54) is 5.56 Å².